The Kier molecular flexibility index (Phi) is 6.97. The van der Waals surface area contributed by atoms with E-state index in [0.29, 0.717) is 16.1 Å². The van der Waals surface area contributed by atoms with E-state index < -0.39 is 0 Å². The van der Waals surface area contributed by atoms with Gasteiger partial charge in [0.05, 0.1) is 16.1 Å². The average molecular weight is 500 g/mol. The largest absolute Gasteiger partial charge is 0.339 e. The SMILES string of the molecule is Cc1ccsc1C(=O)Nc1cc(C(=O)N(C)C2CCNCC2)ccc1C=Cc1n[nH]c2ccccc12. The summed E-state index contributed by atoms with van der Waals surface area (Å²) in [5.41, 5.74) is 4.63. The number of nitrogens with zero attached hydrogens (tertiary/aromatic N) is 2. The van der Waals surface area contributed by atoms with E-state index in [9.17, 15) is 9.59 Å². The zero-order valence-corrected chi connectivity index (χ0v) is 21.2. The summed E-state index contributed by atoms with van der Waals surface area (Å²) in [5, 5.41) is 16.8. The summed E-state index contributed by atoms with van der Waals surface area (Å²) in [6.07, 6.45) is 5.71. The topological polar surface area (TPSA) is 90.1 Å². The highest BCUT2D eigenvalue weighted by Crippen LogP contribution is 2.26. The highest BCUT2D eigenvalue weighted by molar-refractivity contribution is 7.12. The standard InChI is InChI=1S/C28H29N5O2S/c1-18-13-16-36-26(18)27(34)30-25-17-20(28(35)33(2)21-11-14-29-15-12-21)8-7-19(25)9-10-24-22-5-3-4-6-23(22)31-32-24/h3-10,13,16-17,21,29H,11-12,14-15H2,1-2H3,(H,30,34)(H,31,32). The summed E-state index contributed by atoms with van der Waals surface area (Å²) in [6.45, 7) is 3.74. The minimum atomic E-state index is -0.182. The molecule has 2 aromatic carbocycles. The Morgan fingerprint density at radius 2 is 1.92 bits per heavy atom. The highest BCUT2D eigenvalue weighted by Gasteiger charge is 2.23. The number of nitrogens with one attached hydrogen (secondary N) is 3. The molecule has 3 N–H and O–H groups in total. The molecule has 0 unspecified atom stereocenters. The summed E-state index contributed by atoms with van der Waals surface area (Å²) < 4.78 is 0. The van der Waals surface area contributed by atoms with Crippen molar-refractivity contribution >= 4 is 51.9 Å². The van der Waals surface area contributed by atoms with Crippen molar-refractivity contribution in [2.24, 2.45) is 0 Å². The number of aromatic amines is 1. The molecule has 0 radical (unpaired) electrons. The molecule has 0 spiro atoms. The van der Waals surface area contributed by atoms with E-state index in [2.05, 4.69) is 20.8 Å². The van der Waals surface area contributed by atoms with Crippen LogP contribution < -0.4 is 10.6 Å². The number of anilines is 1. The Balaban J connectivity index is 1.47. The van der Waals surface area contributed by atoms with Crippen LogP contribution in [-0.4, -0.2) is 53.1 Å². The Hall–Kier alpha value is -3.75. The molecule has 2 aromatic heterocycles. The first-order valence-electron chi connectivity index (χ1n) is 12.1. The Morgan fingerprint density at radius 1 is 1.11 bits per heavy atom. The number of aryl methyl sites for hydroxylation is 1. The van der Waals surface area contributed by atoms with Gasteiger partial charge < -0.3 is 15.5 Å². The quantitative estimate of drug-likeness (QED) is 0.341. The van der Waals surface area contributed by atoms with Gasteiger partial charge in [-0.05, 0) is 79.7 Å². The summed E-state index contributed by atoms with van der Waals surface area (Å²) in [7, 11) is 1.86. The summed E-state index contributed by atoms with van der Waals surface area (Å²) >= 11 is 1.40. The number of aromatic nitrogens is 2. The Bertz CT molecular complexity index is 1430. The van der Waals surface area contributed by atoms with Crippen molar-refractivity contribution in [3.8, 4) is 0 Å². The number of hydrogen-bond donors (Lipinski definition) is 3. The number of carbonyl (C=O) groups excluding carboxylic acids is 2. The van der Waals surface area contributed by atoms with Crippen LogP contribution in [0.3, 0.4) is 0 Å². The van der Waals surface area contributed by atoms with E-state index in [-0.39, 0.29) is 17.9 Å². The molecule has 0 aliphatic carbocycles. The van der Waals surface area contributed by atoms with Gasteiger partial charge >= 0.3 is 0 Å². The van der Waals surface area contributed by atoms with Gasteiger partial charge in [-0.3, -0.25) is 14.7 Å². The van der Waals surface area contributed by atoms with Gasteiger partial charge in [0, 0.05) is 29.7 Å². The molecule has 36 heavy (non-hydrogen) atoms. The number of rotatable bonds is 6. The van der Waals surface area contributed by atoms with Crippen LogP contribution in [0.25, 0.3) is 23.1 Å². The molecule has 2 amide bonds. The van der Waals surface area contributed by atoms with E-state index in [1.54, 1.807) is 6.07 Å². The van der Waals surface area contributed by atoms with Gasteiger partial charge in [-0.1, -0.05) is 30.3 Å². The number of thiophene rings is 1. The van der Waals surface area contributed by atoms with Crippen molar-refractivity contribution in [3.05, 3.63) is 81.2 Å². The molecular formula is C28H29N5O2S. The molecule has 1 aliphatic rings. The van der Waals surface area contributed by atoms with Gasteiger partial charge in [0.15, 0.2) is 0 Å². The molecular weight excluding hydrogens is 470 g/mol. The third-order valence-electron chi connectivity index (χ3n) is 6.71. The molecule has 3 heterocycles. The lowest BCUT2D eigenvalue weighted by Crippen LogP contribution is -2.44. The van der Waals surface area contributed by atoms with Crippen molar-refractivity contribution in [1.82, 2.24) is 20.4 Å². The average Bonchev–Trinajstić information content (AvgIpc) is 3.53. The molecule has 1 aliphatic heterocycles. The van der Waals surface area contributed by atoms with E-state index in [1.807, 2.05) is 78.9 Å². The van der Waals surface area contributed by atoms with Gasteiger partial charge in [-0.2, -0.15) is 5.10 Å². The summed E-state index contributed by atoms with van der Waals surface area (Å²) in [4.78, 5) is 28.9. The highest BCUT2D eigenvalue weighted by atomic mass is 32.1. The number of carbonyl (C=O) groups is 2. The maximum atomic E-state index is 13.3. The number of piperidine rings is 1. The van der Waals surface area contributed by atoms with Gasteiger partial charge in [-0.15, -0.1) is 11.3 Å². The van der Waals surface area contributed by atoms with Gasteiger partial charge in [0.1, 0.15) is 0 Å². The van der Waals surface area contributed by atoms with E-state index in [1.165, 1.54) is 11.3 Å². The molecule has 184 valence electrons. The molecule has 1 saturated heterocycles. The van der Waals surface area contributed by atoms with Crippen LogP contribution in [0.2, 0.25) is 0 Å². The fourth-order valence-corrected chi connectivity index (χ4v) is 5.39. The zero-order chi connectivity index (χ0) is 25.1. The number of para-hydroxylation sites is 1. The third kappa shape index (κ3) is 4.96. The van der Waals surface area contributed by atoms with Crippen LogP contribution in [-0.2, 0) is 0 Å². The van der Waals surface area contributed by atoms with Crippen LogP contribution in [0, 0.1) is 6.92 Å². The predicted molar refractivity (Wildman–Crippen MR) is 146 cm³/mol. The molecule has 8 heteroatoms. The molecule has 1 fully saturated rings. The minimum absolute atomic E-state index is 0.0430. The van der Waals surface area contributed by atoms with Crippen LogP contribution in [0.5, 0.6) is 0 Å². The molecule has 5 rings (SSSR count). The lowest BCUT2D eigenvalue weighted by Gasteiger charge is -2.31. The number of benzene rings is 2. The number of H-pyrrole nitrogens is 1. The van der Waals surface area contributed by atoms with Crippen molar-refractivity contribution < 1.29 is 9.59 Å². The molecule has 0 saturated carbocycles. The van der Waals surface area contributed by atoms with E-state index >= 15 is 0 Å². The monoisotopic (exact) mass is 499 g/mol. The molecule has 7 nitrogen and oxygen atoms in total. The van der Waals surface area contributed by atoms with Crippen molar-refractivity contribution in [2.75, 3.05) is 25.5 Å². The minimum Gasteiger partial charge on any atom is -0.339 e. The Labute approximate surface area is 214 Å². The second kappa shape index (κ2) is 10.5. The molecule has 0 bridgehead atoms. The lowest BCUT2D eigenvalue weighted by atomic mass is 10.0. The zero-order valence-electron chi connectivity index (χ0n) is 20.4. The van der Waals surface area contributed by atoms with Crippen LogP contribution in [0.15, 0.2) is 53.9 Å². The fraction of sp³-hybridized carbons (Fsp3) is 0.250. The first-order chi connectivity index (χ1) is 17.5. The summed E-state index contributed by atoms with van der Waals surface area (Å²) in [5.74, 6) is -0.225. The number of fused-ring (bicyclic) bond motifs is 1. The normalized spacial score (nSPS) is 14.4. The predicted octanol–water partition coefficient (Wildman–Crippen LogP) is 5.18. The maximum Gasteiger partial charge on any atom is 0.266 e. The first kappa shape index (κ1) is 24.0. The lowest BCUT2D eigenvalue weighted by molar-refractivity contribution is 0.0703. The van der Waals surface area contributed by atoms with Crippen LogP contribution in [0.1, 0.15) is 49.7 Å². The first-order valence-corrected chi connectivity index (χ1v) is 13.0. The molecule has 4 aromatic rings. The van der Waals surface area contributed by atoms with Crippen LogP contribution >= 0.6 is 11.3 Å². The maximum absolute atomic E-state index is 13.3. The second-order valence-corrected chi connectivity index (χ2v) is 9.99. The molecule has 0 atom stereocenters. The third-order valence-corrected chi connectivity index (χ3v) is 7.73. The number of amides is 2. The number of hydrogen-bond acceptors (Lipinski definition) is 5. The summed E-state index contributed by atoms with van der Waals surface area (Å²) in [6, 6.07) is 15.6. The Morgan fingerprint density at radius 3 is 2.69 bits per heavy atom. The van der Waals surface area contributed by atoms with Crippen LogP contribution in [0.4, 0.5) is 5.69 Å². The fourth-order valence-electron chi connectivity index (χ4n) is 4.57. The van der Waals surface area contributed by atoms with E-state index in [0.717, 1.165) is 53.7 Å². The smallest absolute Gasteiger partial charge is 0.266 e. The van der Waals surface area contributed by atoms with E-state index in [4.69, 9.17) is 0 Å². The van der Waals surface area contributed by atoms with Crippen molar-refractivity contribution in [1.29, 1.82) is 0 Å². The van der Waals surface area contributed by atoms with Gasteiger partial charge in [0.2, 0.25) is 0 Å². The van der Waals surface area contributed by atoms with Gasteiger partial charge in [0.25, 0.3) is 11.8 Å². The second-order valence-electron chi connectivity index (χ2n) is 9.07. The van der Waals surface area contributed by atoms with Crippen molar-refractivity contribution in [3.63, 3.8) is 0 Å². The van der Waals surface area contributed by atoms with Crippen molar-refractivity contribution in [2.45, 2.75) is 25.8 Å². The van der Waals surface area contributed by atoms with Gasteiger partial charge in [-0.25, -0.2) is 0 Å².